The number of carboxylic acids is 1. The highest BCUT2D eigenvalue weighted by Gasteiger charge is 2.20. The average Bonchev–Trinajstić information content (AvgIpc) is 2.24. The highest BCUT2D eigenvalue weighted by Crippen LogP contribution is 2.23. The first-order valence-electron chi connectivity index (χ1n) is 5.19. The molecule has 0 fully saturated rings. The largest absolute Gasteiger partial charge is 0.477 e. The molecule has 0 heterocycles. The van der Waals surface area contributed by atoms with E-state index in [-0.39, 0.29) is 12.1 Å². The molecule has 18 heavy (non-hydrogen) atoms. The Labute approximate surface area is 103 Å². The Morgan fingerprint density at radius 3 is 2.56 bits per heavy atom. The van der Waals surface area contributed by atoms with E-state index in [9.17, 15) is 20.0 Å². The third-order valence-electron chi connectivity index (χ3n) is 2.15. The van der Waals surface area contributed by atoms with Crippen LogP contribution in [-0.4, -0.2) is 33.3 Å². The average molecular weight is 254 g/mol. The van der Waals surface area contributed by atoms with Gasteiger partial charge in [-0.3, -0.25) is 10.1 Å². The summed E-state index contributed by atoms with van der Waals surface area (Å²) in [6.07, 6.45) is 0. The van der Waals surface area contributed by atoms with Crippen LogP contribution in [0.1, 0.15) is 24.2 Å². The van der Waals surface area contributed by atoms with Crippen molar-refractivity contribution in [2.45, 2.75) is 19.4 Å². The Morgan fingerprint density at radius 2 is 2.11 bits per heavy atom. The number of anilines is 1. The fourth-order valence-electron chi connectivity index (χ4n) is 1.29. The summed E-state index contributed by atoms with van der Waals surface area (Å²) >= 11 is 0. The summed E-state index contributed by atoms with van der Waals surface area (Å²) in [4.78, 5) is 20.8. The molecule has 1 rings (SSSR count). The lowest BCUT2D eigenvalue weighted by atomic mass is 10.1. The van der Waals surface area contributed by atoms with Gasteiger partial charge in [-0.1, -0.05) is 0 Å². The molecule has 1 aromatic carbocycles. The second kappa shape index (κ2) is 5.01. The number of hydrogen-bond acceptors (Lipinski definition) is 5. The molecule has 0 spiro atoms. The van der Waals surface area contributed by atoms with Crippen molar-refractivity contribution in [3.05, 3.63) is 33.9 Å². The van der Waals surface area contributed by atoms with Crippen molar-refractivity contribution < 1.29 is 19.9 Å². The van der Waals surface area contributed by atoms with Crippen molar-refractivity contribution in [1.29, 1.82) is 0 Å². The number of carbonyl (C=O) groups is 1. The number of nitrogens with zero attached hydrogens (tertiary/aromatic N) is 1. The van der Waals surface area contributed by atoms with Gasteiger partial charge in [-0.25, -0.2) is 4.79 Å². The fraction of sp³-hybridized carbons (Fsp3) is 0.364. The Morgan fingerprint density at radius 1 is 1.50 bits per heavy atom. The minimum atomic E-state index is -1.37. The van der Waals surface area contributed by atoms with E-state index < -0.39 is 22.2 Å². The van der Waals surface area contributed by atoms with E-state index in [0.717, 1.165) is 6.07 Å². The van der Waals surface area contributed by atoms with Crippen LogP contribution < -0.4 is 5.32 Å². The summed E-state index contributed by atoms with van der Waals surface area (Å²) in [6, 6.07) is 3.69. The highest BCUT2D eigenvalue weighted by molar-refractivity contribution is 5.93. The summed E-state index contributed by atoms with van der Waals surface area (Å²) in [6.45, 7) is 3.37. The molecule has 0 radical (unpaired) electrons. The van der Waals surface area contributed by atoms with Gasteiger partial charge in [0, 0.05) is 18.3 Å². The number of nitrogens with one attached hydrogen (secondary N) is 1. The number of aliphatic hydroxyl groups is 1. The lowest BCUT2D eigenvalue weighted by Gasteiger charge is -2.18. The van der Waals surface area contributed by atoms with Crippen molar-refractivity contribution in [2.75, 3.05) is 11.9 Å². The molecule has 0 amide bonds. The Balaban J connectivity index is 3.01. The highest BCUT2D eigenvalue weighted by atomic mass is 16.6. The second-order valence-corrected chi connectivity index (χ2v) is 4.46. The number of rotatable bonds is 5. The molecule has 0 unspecified atom stereocenters. The van der Waals surface area contributed by atoms with Gasteiger partial charge in [0.1, 0.15) is 5.56 Å². The molecule has 0 aliphatic heterocycles. The van der Waals surface area contributed by atoms with Gasteiger partial charge in [-0.2, -0.15) is 0 Å². The molecular formula is C11H14N2O5. The van der Waals surface area contributed by atoms with Gasteiger partial charge < -0.3 is 15.5 Å². The molecule has 7 heteroatoms. The van der Waals surface area contributed by atoms with E-state index in [1.165, 1.54) is 12.1 Å². The molecule has 7 nitrogen and oxygen atoms in total. The second-order valence-electron chi connectivity index (χ2n) is 4.46. The summed E-state index contributed by atoms with van der Waals surface area (Å²) in [7, 11) is 0. The van der Waals surface area contributed by atoms with Crippen molar-refractivity contribution >= 4 is 17.3 Å². The zero-order chi connectivity index (χ0) is 13.9. The Hall–Kier alpha value is -2.15. The molecule has 0 aromatic heterocycles. The fourth-order valence-corrected chi connectivity index (χ4v) is 1.29. The van der Waals surface area contributed by atoms with Crippen LogP contribution in [0.25, 0.3) is 0 Å². The standard InChI is InChI=1S/C11H14N2O5/c1-11(2,16)6-12-7-3-4-9(13(17)18)8(5-7)10(14)15/h3-5,12,16H,6H2,1-2H3,(H,14,15). The smallest absolute Gasteiger partial charge is 0.342 e. The predicted molar refractivity (Wildman–Crippen MR) is 64.8 cm³/mol. The molecule has 98 valence electrons. The molecule has 1 aromatic rings. The van der Waals surface area contributed by atoms with Crippen LogP contribution in [0.2, 0.25) is 0 Å². The van der Waals surface area contributed by atoms with E-state index in [1.807, 2.05) is 0 Å². The maximum atomic E-state index is 10.9. The Bertz CT molecular complexity index is 479. The first-order chi connectivity index (χ1) is 8.20. The van der Waals surface area contributed by atoms with Crippen LogP contribution in [0.5, 0.6) is 0 Å². The van der Waals surface area contributed by atoms with Gasteiger partial charge in [0.25, 0.3) is 5.69 Å². The monoisotopic (exact) mass is 254 g/mol. The van der Waals surface area contributed by atoms with Crippen LogP contribution in [0, 0.1) is 10.1 Å². The van der Waals surface area contributed by atoms with Crippen LogP contribution in [-0.2, 0) is 0 Å². The van der Waals surface area contributed by atoms with Gasteiger partial charge in [0.05, 0.1) is 10.5 Å². The van der Waals surface area contributed by atoms with E-state index in [4.69, 9.17) is 5.11 Å². The van der Waals surface area contributed by atoms with Crippen LogP contribution in [0.15, 0.2) is 18.2 Å². The molecule has 0 aliphatic carbocycles. The van der Waals surface area contributed by atoms with Crippen molar-refractivity contribution in [3.63, 3.8) is 0 Å². The predicted octanol–water partition coefficient (Wildman–Crippen LogP) is 1.48. The van der Waals surface area contributed by atoms with E-state index in [2.05, 4.69) is 5.32 Å². The SMILES string of the molecule is CC(C)(O)CNc1ccc([N+](=O)[O-])c(C(=O)O)c1. The summed E-state index contributed by atoms with van der Waals surface area (Å²) in [5.41, 5.74) is -1.41. The number of aromatic carboxylic acids is 1. The maximum absolute atomic E-state index is 10.9. The minimum Gasteiger partial charge on any atom is -0.477 e. The lowest BCUT2D eigenvalue weighted by molar-refractivity contribution is -0.385. The van der Waals surface area contributed by atoms with Crippen LogP contribution in [0.4, 0.5) is 11.4 Å². The number of benzene rings is 1. The molecule has 3 N–H and O–H groups in total. The molecule has 0 bridgehead atoms. The van der Waals surface area contributed by atoms with Crippen molar-refractivity contribution in [2.24, 2.45) is 0 Å². The molecule has 0 aliphatic rings. The first kappa shape index (κ1) is 13.9. The van der Waals surface area contributed by atoms with Crippen LogP contribution in [0.3, 0.4) is 0 Å². The molecule has 0 atom stereocenters. The lowest BCUT2D eigenvalue weighted by Crippen LogP contribution is -2.29. The minimum absolute atomic E-state index is 0.198. The van der Waals surface area contributed by atoms with Gasteiger partial charge >= 0.3 is 5.97 Å². The van der Waals surface area contributed by atoms with Crippen molar-refractivity contribution in [3.8, 4) is 0 Å². The Kier molecular flexibility index (Phi) is 3.87. The number of nitro benzene ring substituents is 1. The van der Waals surface area contributed by atoms with Crippen molar-refractivity contribution in [1.82, 2.24) is 0 Å². The van der Waals surface area contributed by atoms with E-state index >= 15 is 0 Å². The van der Waals surface area contributed by atoms with E-state index in [1.54, 1.807) is 13.8 Å². The summed E-state index contributed by atoms with van der Waals surface area (Å²) < 4.78 is 0. The van der Waals surface area contributed by atoms with Gasteiger partial charge in [0.15, 0.2) is 0 Å². The van der Waals surface area contributed by atoms with Crippen LogP contribution >= 0.6 is 0 Å². The van der Waals surface area contributed by atoms with Gasteiger partial charge in [-0.05, 0) is 26.0 Å². The third kappa shape index (κ3) is 3.70. The maximum Gasteiger partial charge on any atom is 0.342 e. The topological polar surface area (TPSA) is 113 Å². The number of nitro groups is 1. The quantitative estimate of drug-likeness (QED) is 0.541. The number of hydrogen-bond donors (Lipinski definition) is 3. The van der Waals surface area contributed by atoms with E-state index in [0.29, 0.717) is 5.69 Å². The number of carboxylic acid groups (broad SMARTS) is 1. The molecule has 0 saturated carbocycles. The molecule has 0 saturated heterocycles. The summed E-state index contributed by atoms with van der Waals surface area (Å²) in [5, 5.41) is 31.8. The summed E-state index contributed by atoms with van der Waals surface area (Å²) in [5.74, 6) is -1.37. The zero-order valence-corrected chi connectivity index (χ0v) is 10.0. The van der Waals surface area contributed by atoms with Gasteiger partial charge in [-0.15, -0.1) is 0 Å². The first-order valence-corrected chi connectivity index (χ1v) is 5.19. The zero-order valence-electron chi connectivity index (χ0n) is 10.0. The molecular weight excluding hydrogens is 240 g/mol. The third-order valence-corrected chi connectivity index (χ3v) is 2.15. The normalized spacial score (nSPS) is 11.1. The van der Waals surface area contributed by atoms with Gasteiger partial charge in [0.2, 0.25) is 0 Å².